The molecule has 57 heavy (non-hydrogen) atoms. The van der Waals surface area contributed by atoms with Gasteiger partial charge in [0.05, 0.1) is 11.0 Å². The summed E-state index contributed by atoms with van der Waals surface area (Å²) in [6, 6.07) is 65.5. The molecular formula is C51H32N4S2. The van der Waals surface area contributed by atoms with E-state index >= 15 is 0 Å². The standard InChI is InChI=1S/C51H32N4S2/c1-3-12-31(13-4-1)49-52-50(32-14-5-2-6-15-32)54-51(53-49)34-23-26-40-39-25-22-33(28-45(39)57-46(40)29-34)36-18-11-21-44-48(36)41-27-24-35(30-47(41)56-44)55-42-19-9-7-16-37(42)38-17-8-10-20-43(38)55/h1-30,49H,(H,52,53,54). The van der Waals surface area contributed by atoms with Gasteiger partial charge in [-0.3, -0.25) is 0 Å². The predicted octanol–water partition coefficient (Wildman–Crippen LogP) is 13.7. The lowest BCUT2D eigenvalue weighted by Crippen LogP contribution is -2.33. The molecule has 1 aliphatic rings. The van der Waals surface area contributed by atoms with Crippen molar-refractivity contribution in [3.8, 4) is 16.8 Å². The van der Waals surface area contributed by atoms with Crippen molar-refractivity contribution in [2.75, 3.05) is 0 Å². The summed E-state index contributed by atoms with van der Waals surface area (Å²) in [7, 11) is 0. The SMILES string of the molecule is c1ccc(C2=NC(c3ccc4c(c3)sc3cc(-c5cccc6sc7cc(-n8c9ccccc9c9ccccc98)ccc7c56)ccc34)=NC(c3ccccc3)N2)cc1. The summed E-state index contributed by atoms with van der Waals surface area (Å²) in [6.07, 6.45) is -0.231. The van der Waals surface area contributed by atoms with Gasteiger partial charge in [-0.1, -0.05) is 140 Å². The maximum Gasteiger partial charge on any atom is 0.159 e. The van der Waals surface area contributed by atoms with Crippen LogP contribution < -0.4 is 5.32 Å². The topological polar surface area (TPSA) is 41.7 Å². The van der Waals surface area contributed by atoms with Gasteiger partial charge < -0.3 is 9.88 Å². The minimum absolute atomic E-state index is 0.231. The molecule has 0 fully saturated rings. The van der Waals surface area contributed by atoms with Gasteiger partial charge in [-0.05, 0) is 59.2 Å². The van der Waals surface area contributed by atoms with Crippen molar-refractivity contribution < 1.29 is 0 Å². The maximum absolute atomic E-state index is 5.13. The van der Waals surface area contributed by atoms with Crippen LogP contribution in [0.4, 0.5) is 0 Å². The smallest absolute Gasteiger partial charge is 0.159 e. The fourth-order valence-corrected chi connectivity index (χ4v) is 11.0. The summed E-state index contributed by atoms with van der Waals surface area (Å²) in [6.45, 7) is 0. The minimum atomic E-state index is -0.231. The van der Waals surface area contributed by atoms with Crippen LogP contribution >= 0.6 is 22.7 Å². The second-order valence-electron chi connectivity index (χ2n) is 14.6. The van der Waals surface area contributed by atoms with E-state index in [-0.39, 0.29) is 6.17 Å². The van der Waals surface area contributed by atoms with E-state index in [0.29, 0.717) is 0 Å². The number of thiophene rings is 2. The summed E-state index contributed by atoms with van der Waals surface area (Å²) in [5.41, 5.74) is 9.30. The Hall–Kier alpha value is -6.86. The molecule has 1 N–H and O–H groups in total. The van der Waals surface area contributed by atoms with Gasteiger partial charge in [0.15, 0.2) is 5.84 Å². The normalized spacial score (nSPS) is 14.5. The summed E-state index contributed by atoms with van der Waals surface area (Å²) in [5, 5.41) is 11.3. The molecule has 1 unspecified atom stereocenters. The quantitative estimate of drug-likeness (QED) is 0.186. The lowest BCUT2D eigenvalue weighted by Gasteiger charge is -2.23. The van der Waals surface area contributed by atoms with E-state index in [2.05, 4.69) is 168 Å². The lowest BCUT2D eigenvalue weighted by molar-refractivity contribution is 0.674. The largest absolute Gasteiger partial charge is 0.344 e. The number of rotatable bonds is 5. The highest BCUT2D eigenvalue weighted by molar-refractivity contribution is 7.26. The van der Waals surface area contributed by atoms with Crippen molar-refractivity contribution in [3.05, 3.63) is 199 Å². The monoisotopic (exact) mass is 764 g/mol. The summed E-state index contributed by atoms with van der Waals surface area (Å²) >= 11 is 3.71. The fourth-order valence-electron chi connectivity index (χ4n) is 8.61. The van der Waals surface area contributed by atoms with E-state index in [1.54, 1.807) is 0 Å². The van der Waals surface area contributed by atoms with Gasteiger partial charge >= 0.3 is 0 Å². The Morgan fingerprint density at radius 1 is 0.456 bits per heavy atom. The molecule has 8 aromatic carbocycles. The highest BCUT2D eigenvalue weighted by Gasteiger charge is 2.22. The molecule has 0 amide bonds. The van der Waals surface area contributed by atoms with E-state index in [1.807, 2.05) is 46.9 Å². The number of hydrogen-bond donors (Lipinski definition) is 1. The number of nitrogens with zero attached hydrogens (tertiary/aromatic N) is 3. The summed E-state index contributed by atoms with van der Waals surface area (Å²) in [5.74, 6) is 1.56. The molecule has 1 atom stereocenters. The zero-order valence-corrected chi connectivity index (χ0v) is 32.2. The number of amidine groups is 2. The van der Waals surface area contributed by atoms with Crippen molar-refractivity contribution in [1.82, 2.24) is 9.88 Å². The molecule has 0 saturated heterocycles. The summed E-state index contributed by atoms with van der Waals surface area (Å²) in [4.78, 5) is 10.2. The van der Waals surface area contributed by atoms with E-state index in [0.717, 1.165) is 28.4 Å². The summed E-state index contributed by atoms with van der Waals surface area (Å²) < 4.78 is 7.50. The van der Waals surface area contributed by atoms with Crippen molar-refractivity contribution in [1.29, 1.82) is 0 Å². The van der Waals surface area contributed by atoms with Crippen molar-refractivity contribution in [2.45, 2.75) is 6.17 Å². The number of hydrogen-bond acceptors (Lipinski definition) is 5. The number of aliphatic imine (C=N–C) groups is 2. The van der Waals surface area contributed by atoms with Crippen LogP contribution in [-0.2, 0) is 0 Å². The molecule has 0 saturated carbocycles. The van der Waals surface area contributed by atoms with Crippen LogP contribution in [0.3, 0.4) is 0 Å². The van der Waals surface area contributed by atoms with Gasteiger partial charge in [0.1, 0.15) is 12.0 Å². The molecule has 0 aliphatic carbocycles. The zero-order chi connectivity index (χ0) is 37.5. The Morgan fingerprint density at radius 3 is 1.82 bits per heavy atom. The van der Waals surface area contributed by atoms with Gasteiger partial charge in [-0.2, -0.15) is 0 Å². The van der Waals surface area contributed by atoms with Crippen molar-refractivity contribution in [2.24, 2.45) is 9.98 Å². The van der Waals surface area contributed by atoms with Gasteiger partial charge in [-0.15, -0.1) is 22.7 Å². The third-order valence-electron chi connectivity index (χ3n) is 11.3. The average molecular weight is 765 g/mol. The highest BCUT2D eigenvalue weighted by Crippen LogP contribution is 2.44. The van der Waals surface area contributed by atoms with Gasteiger partial charge in [0, 0.05) is 67.9 Å². The lowest BCUT2D eigenvalue weighted by atomic mass is 9.98. The molecule has 1 aliphatic heterocycles. The van der Waals surface area contributed by atoms with Crippen molar-refractivity contribution in [3.63, 3.8) is 0 Å². The molecule has 12 rings (SSSR count). The van der Waals surface area contributed by atoms with E-state index in [9.17, 15) is 0 Å². The van der Waals surface area contributed by atoms with E-state index in [1.165, 1.54) is 79.0 Å². The van der Waals surface area contributed by atoms with Crippen LogP contribution in [0.2, 0.25) is 0 Å². The minimum Gasteiger partial charge on any atom is -0.344 e. The average Bonchev–Trinajstić information content (AvgIpc) is 3.95. The zero-order valence-electron chi connectivity index (χ0n) is 30.6. The molecule has 6 heteroatoms. The first-order valence-electron chi connectivity index (χ1n) is 19.2. The Kier molecular flexibility index (Phi) is 7.30. The molecule has 0 spiro atoms. The first kappa shape index (κ1) is 32.4. The van der Waals surface area contributed by atoms with Gasteiger partial charge in [0.25, 0.3) is 0 Å². The Bertz CT molecular complexity index is 3390. The van der Waals surface area contributed by atoms with Crippen LogP contribution in [0.5, 0.6) is 0 Å². The van der Waals surface area contributed by atoms with Crippen LogP contribution in [0.1, 0.15) is 22.9 Å². The number of aromatic nitrogens is 1. The second-order valence-corrected chi connectivity index (χ2v) is 16.8. The van der Waals surface area contributed by atoms with Crippen LogP contribution in [0.25, 0.3) is 79.0 Å². The van der Waals surface area contributed by atoms with Crippen LogP contribution in [-0.4, -0.2) is 16.2 Å². The highest BCUT2D eigenvalue weighted by atomic mass is 32.1. The Morgan fingerprint density at radius 2 is 1.07 bits per heavy atom. The second kappa shape index (κ2) is 12.8. The number of benzene rings is 8. The molecule has 4 nitrogen and oxygen atoms in total. The van der Waals surface area contributed by atoms with Crippen LogP contribution in [0, 0.1) is 0 Å². The predicted molar refractivity (Wildman–Crippen MR) is 244 cm³/mol. The van der Waals surface area contributed by atoms with E-state index in [4.69, 9.17) is 9.98 Å². The number of para-hydroxylation sites is 2. The number of fused-ring (bicyclic) bond motifs is 9. The fraction of sp³-hybridized carbons (Fsp3) is 0.0196. The van der Waals surface area contributed by atoms with Crippen molar-refractivity contribution >= 4 is 96.5 Å². The Labute approximate surface area is 336 Å². The molecule has 4 heterocycles. The molecular weight excluding hydrogens is 733 g/mol. The molecule has 11 aromatic rings. The third kappa shape index (κ3) is 5.26. The van der Waals surface area contributed by atoms with Crippen LogP contribution in [0.15, 0.2) is 192 Å². The first-order valence-corrected chi connectivity index (χ1v) is 20.8. The third-order valence-corrected chi connectivity index (χ3v) is 13.5. The first-order chi connectivity index (χ1) is 28.2. The molecule has 268 valence electrons. The molecule has 0 radical (unpaired) electrons. The molecule has 3 aromatic heterocycles. The Balaban J connectivity index is 0.945. The van der Waals surface area contributed by atoms with E-state index < -0.39 is 0 Å². The van der Waals surface area contributed by atoms with Gasteiger partial charge in [-0.25, -0.2) is 9.98 Å². The maximum atomic E-state index is 5.13. The molecule has 0 bridgehead atoms. The number of nitrogens with one attached hydrogen (secondary N) is 1. The van der Waals surface area contributed by atoms with Gasteiger partial charge in [0.2, 0.25) is 0 Å².